The molecule has 2 aromatic rings. The van der Waals surface area contributed by atoms with Crippen LogP contribution in [0.4, 0.5) is 5.95 Å². The van der Waals surface area contributed by atoms with Crippen LogP contribution < -0.4 is 10.6 Å². The molecular weight excluding hydrogens is 220 g/mol. The predicted molar refractivity (Wildman–Crippen MR) is 61.1 cm³/mol. The topological polar surface area (TPSA) is 80.0 Å². The van der Waals surface area contributed by atoms with E-state index in [0.717, 1.165) is 0 Å². The molecule has 0 saturated carbocycles. The third-order valence-electron chi connectivity index (χ3n) is 2.01. The summed E-state index contributed by atoms with van der Waals surface area (Å²) in [5.41, 5.74) is 0. The Morgan fingerprint density at radius 3 is 2.82 bits per heavy atom. The molecule has 0 aliphatic rings. The molecule has 17 heavy (non-hydrogen) atoms. The van der Waals surface area contributed by atoms with Gasteiger partial charge >= 0.3 is 0 Å². The smallest absolute Gasteiger partial charge is 0.239 e. The van der Waals surface area contributed by atoms with Crippen LogP contribution in [0.25, 0.3) is 0 Å². The molecule has 0 fully saturated rings. The Hall–Kier alpha value is -2.37. The molecule has 6 heteroatoms. The Bertz CT molecular complexity index is 456. The van der Waals surface area contributed by atoms with E-state index < -0.39 is 0 Å². The van der Waals surface area contributed by atoms with Crippen molar-refractivity contribution in [2.75, 3.05) is 11.9 Å². The number of anilines is 1. The lowest BCUT2D eigenvalue weighted by Crippen LogP contribution is -2.29. The Morgan fingerprint density at radius 1 is 1.29 bits per heavy atom. The van der Waals surface area contributed by atoms with Gasteiger partial charge in [0.05, 0.1) is 19.4 Å². The van der Waals surface area contributed by atoms with E-state index in [-0.39, 0.29) is 12.5 Å². The van der Waals surface area contributed by atoms with Crippen LogP contribution in [-0.4, -0.2) is 22.4 Å². The molecule has 2 aromatic heterocycles. The molecule has 0 aliphatic heterocycles. The second kappa shape index (κ2) is 5.64. The molecule has 0 unspecified atom stereocenters. The highest BCUT2D eigenvalue weighted by molar-refractivity contribution is 5.80. The Labute approximate surface area is 98.1 Å². The van der Waals surface area contributed by atoms with E-state index in [4.69, 9.17) is 4.42 Å². The van der Waals surface area contributed by atoms with E-state index in [1.807, 2.05) is 0 Å². The fourth-order valence-corrected chi connectivity index (χ4v) is 1.21. The third kappa shape index (κ3) is 3.60. The van der Waals surface area contributed by atoms with Crippen LogP contribution in [0.3, 0.4) is 0 Å². The minimum Gasteiger partial charge on any atom is -0.467 e. The van der Waals surface area contributed by atoms with Gasteiger partial charge in [0, 0.05) is 12.4 Å². The maximum absolute atomic E-state index is 11.4. The van der Waals surface area contributed by atoms with Crippen LogP contribution in [0.15, 0.2) is 41.3 Å². The minimum atomic E-state index is -0.145. The number of hydrogen-bond donors (Lipinski definition) is 2. The van der Waals surface area contributed by atoms with Crippen LogP contribution in [0, 0.1) is 0 Å². The molecule has 0 saturated heterocycles. The number of carbonyl (C=O) groups is 1. The molecule has 1 amide bonds. The highest BCUT2D eigenvalue weighted by Gasteiger charge is 2.03. The highest BCUT2D eigenvalue weighted by atomic mass is 16.3. The summed E-state index contributed by atoms with van der Waals surface area (Å²) in [6, 6.07) is 5.29. The van der Waals surface area contributed by atoms with Crippen molar-refractivity contribution in [2.24, 2.45) is 0 Å². The van der Waals surface area contributed by atoms with Crippen LogP contribution in [0.5, 0.6) is 0 Å². The van der Waals surface area contributed by atoms with Crippen LogP contribution in [-0.2, 0) is 11.3 Å². The number of hydrogen-bond acceptors (Lipinski definition) is 5. The van der Waals surface area contributed by atoms with Crippen LogP contribution in [0.2, 0.25) is 0 Å². The zero-order valence-electron chi connectivity index (χ0n) is 9.09. The molecule has 2 heterocycles. The van der Waals surface area contributed by atoms with Gasteiger partial charge in [0.15, 0.2) is 0 Å². The average molecular weight is 232 g/mol. The maximum Gasteiger partial charge on any atom is 0.239 e. The van der Waals surface area contributed by atoms with Crippen molar-refractivity contribution >= 4 is 11.9 Å². The van der Waals surface area contributed by atoms with E-state index in [1.165, 1.54) is 0 Å². The average Bonchev–Trinajstić information content (AvgIpc) is 2.88. The van der Waals surface area contributed by atoms with Crippen molar-refractivity contribution in [3.63, 3.8) is 0 Å². The number of nitrogens with one attached hydrogen (secondary N) is 2. The van der Waals surface area contributed by atoms with E-state index >= 15 is 0 Å². The normalized spacial score (nSPS) is 9.88. The highest BCUT2D eigenvalue weighted by Crippen LogP contribution is 1.98. The number of aromatic nitrogens is 2. The first kappa shape index (κ1) is 11.1. The fraction of sp³-hybridized carbons (Fsp3) is 0.182. The number of furan rings is 1. The molecule has 0 spiro atoms. The first-order chi connectivity index (χ1) is 8.34. The van der Waals surface area contributed by atoms with E-state index in [2.05, 4.69) is 20.6 Å². The second-order valence-electron chi connectivity index (χ2n) is 3.28. The molecule has 0 atom stereocenters. The largest absolute Gasteiger partial charge is 0.467 e. The number of carbonyl (C=O) groups excluding carboxylic acids is 1. The SMILES string of the molecule is O=C(CNc1ncccn1)NCc1ccco1. The quantitative estimate of drug-likeness (QED) is 0.797. The molecule has 2 rings (SSSR count). The molecule has 0 bridgehead atoms. The standard InChI is InChI=1S/C11H12N4O2/c16-10(14-7-9-3-1-6-17-9)8-15-11-12-4-2-5-13-11/h1-6H,7-8H2,(H,14,16)(H,12,13,15). The van der Waals surface area contributed by atoms with Crippen molar-refractivity contribution in [1.29, 1.82) is 0 Å². The summed E-state index contributed by atoms with van der Waals surface area (Å²) in [5.74, 6) is 1.00. The van der Waals surface area contributed by atoms with Gasteiger partial charge in [0.2, 0.25) is 11.9 Å². The zero-order valence-corrected chi connectivity index (χ0v) is 9.09. The van der Waals surface area contributed by atoms with Gasteiger partial charge in [0.25, 0.3) is 0 Å². The summed E-state index contributed by atoms with van der Waals surface area (Å²) < 4.78 is 5.09. The Kier molecular flexibility index (Phi) is 3.69. The molecule has 6 nitrogen and oxygen atoms in total. The third-order valence-corrected chi connectivity index (χ3v) is 2.01. The summed E-state index contributed by atoms with van der Waals surface area (Å²) in [7, 11) is 0. The predicted octanol–water partition coefficient (Wildman–Crippen LogP) is 0.798. The van der Waals surface area contributed by atoms with Crippen molar-refractivity contribution in [2.45, 2.75) is 6.54 Å². The van der Waals surface area contributed by atoms with Gasteiger partial charge in [-0.3, -0.25) is 4.79 Å². The summed E-state index contributed by atoms with van der Waals surface area (Å²) in [6.45, 7) is 0.508. The summed E-state index contributed by atoms with van der Waals surface area (Å²) in [5, 5.41) is 5.51. The van der Waals surface area contributed by atoms with Gasteiger partial charge in [-0.25, -0.2) is 9.97 Å². The Balaban J connectivity index is 1.71. The van der Waals surface area contributed by atoms with Gasteiger partial charge < -0.3 is 15.1 Å². The number of amides is 1. The summed E-state index contributed by atoms with van der Waals surface area (Å²) in [6.07, 6.45) is 4.78. The molecule has 0 aromatic carbocycles. The van der Waals surface area contributed by atoms with Gasteiger partial charge in [-0.1, -0.05) is 0 Å². The van der Waals surface area contributed by atoms with E-state index in [9.17, 15) is 4.79 Å². The lowest BCUT2D eigenvalue weighted by molar-refractivity contribution is -0.119. The van der Waals surface area contributed by atoms with Gasteiger partial charge in [-0.15, -0.1) is 0 Å². The number of rotatable bonds is 5. The van der Waals surface area contributed by atoms with Gasteiger partial charge in [0.1, 0.15) is 5.76 Å². The monoisotopic (exact) mass is 232 g/mol. The van der Waals surface area contributed by atoms with Crippen molar-refractivity contribution < 1.29 is 9.21 Å². The van der Waals surface area contributed by atoms with Crippen molar-refractivity contribution in [3.8, 4) is 0 Å². The fourth-order valence-electron chi connectivity index (χ4n) is 1.21. The molecule has 2 N–H and O–H groups in total. The van der Waals surface area contributed by atoms with Gasteiger partial charge in [-0.05, 0) is 18.2 Å². The minimum absolute atomic E-state index is 0.130. The van der Waals surface area contributed by atoms with Gasteiger partial charge in [-0.2, -0.15) is 0 Å². The maximum atomic E-state index is 11.4. The lowest BCUT2D eigenvalue weighted by atomic mass is 10.4. The lowest BCUT2D eigenvalue weighted by Gasteiger charge is -2.04. The van der Waals surface area contributed by atoms with Crippen molar-refractivity contribution in [1.82, 2.24) is 15.3 Å². The first-order valence-corrected chi connectivity index (χ1v) is 5.14. The molecule has 0 aliphatic carbocycles. The zero-order chi connectivity index (χ0) is 11.9. The van der Waals surface area contributed by atoms with Crippen LogP contribution >= 0.6 is 0 Å². The van der Waals surface area contributed by atoms with Crippen LogP contribution in [0.1, 0.15) is 5.76 Å². The van der Waals surface area contributed by atoms with E-state index in [1.54, 1.807) is 36.9 Å². The summed E-state index contributed by atoms with van der Waals surface area (Å²) in [4.78, 5) is 19.3. The molecule has 88 valence electrons. The number of nitrogens with zero attached hydrogens (tertiary/aromatic N) is 2. The summed E-state index contributed by atoms with van der Waals surface area (Å²) >= 11 is 0. The second-order valence-corrected chi connectivity index (χ2v) is 3.28. The Morgan fingerprint density at radius 2 is 2.12 bits per heavy atom. The van der Waals surface area contributed by atoms with E-state index in [0.29, 0.717) is 18.3 Å². The first-order valence-electron chi connectivity index (χ1n) is 5.14. The van der Waals surface area contributed by atoms with Crippen molar-refractivity contribution in [3.05, 3.63) is 42.6 Å². The molecule has 0 radical (unpaired) electrons. The molecular formula is C11H12N4O2.